The van der Waals surface area contributed by atoms with Gasteiger partial charge in [-0.05, 0) is 62.7 Å². The minimum Gasteiger partial charge on any atom is -0.466 e. The van der Waals surface area contributed by atoms with Crippen LogP contribution in [0.25, 0.3) is 0 Å². The number of furan rings is 1. The predicted molar refractivity (Wildman–Crippen MR) is 112 cm³/mol. The van der Waals surface area contributed by atoms with Gasteiger partial charge in [0.15, 0.2) is 0 Å². The Bertz CT molecular complexity index is 1270. The van der Waals surface area contributed by atoms with E-state index in [-0.39, 0.29) is 21.7 Å². The maximum Gasteiger partial charge on any atom is 0.273 e. The van der Waals surface area contributed by atoms with Crippen LogP contribution in [0.4, 0.5) is 10.1 Å². The summed E-state index contributed by atoms with van der Waals surface area (Å²) in [5.74, 6) is -0.889. The maximum absolute atomic E-state index is 13.7. The molecule has 1 aromatic heterocycles. The number of carbonyl (C=O) groups excluding carboxylic acids is 2. The number of anilines is 1. The molecule has 0 saturated carbocycles. The monoisotopic (exact) mass is 445 g/mol. The van der Waals surface area contributed by atoms with E-state index in [1.54, 1.807) is 19.9 Å². The molecule has 3 rings (SSSR count). The number of rotatable bonds is 5. The second-order valence-corrected chi connectivity index (χ2v) is 8.51. The molecule has 31 heavy (non-hydrogen) atoms. The van der Waals surface area contributed by atoms with E-state index in [4.69, 9.17) is 4.42 Å². The quantitative estimate of drug-likeness (QED) is 0.521. The summed E-state index contributed by atoms with van der Waals surface area (Å²) in [6.45, 7) is 4.84. The minimum atomic E-state index is -4.06. The van der Waals surface area contributed by atoms with Crippen LogP contribution in [0.2, 0.25) is 0 Å². The number of hydrazine groups is 1. The van der Waals surface area contributed by atoms with Crippen LogP contribution in [0.3, 0.4) is 0 Å². The van der Waals surface area contributed by atoms with E-state index < -0.39 is 27.7 Å². The molecular formula is C21H20FN3O5S. The lowest BCUT2D eigenvalue weighted by Crippen LogP contribution is -2.41. The molecule has 0 spiro atoms. The van der Waals surface area contributed by atoms with Crippen LogP contribution >= 0.6 is 0 Å². The summed E-state index contributed by atoms with van der Waals surface area (Å²) in [5, 5.41) is 0. The molecule has 0 unspecified atom stereocenters. The largest absolute Gasteiger partial charge is 0.466 e. The average Bonchev–Trinajstić information content (AvgIpc) is 3.05. The number of nitrogens with one attached hydrogen (secondary N) is 3. The Morgan fingerprint density at radius 3 is 2.29 bits per heavy atom. The fraction of sp³-hybridized carbons (Fsp3) is 0.143. The Labute approximate surface area is 178 Å². The summed E-state index contributed by atoms with van der Waals surface area (Å²) in [5.41, 5.74) is 5.33. The van der Waals surface area contributed by atoms with Crippen LogP contribution in [0.15, 0.2) is 57.8 Å². The smallest absolute Gasteiger partial charge is 0.273 e. The number of amides is 2. The van der Waals surface area contributed by atoms with Gasteiger partial charge in [-0.15, -0.1) is 0 Å². The third-order valence-electron chi connectivity index (χ3n) is 4.41. The van der Waals surface area contributed by atoms with E-state index in [0.717, 1.165) is 6.07 Å². The molecule has 3 N–H and O–H groups in total. The van der Waals surface area contributed by atoms with Gasteiger partial charge in [-0.3, -0.25) is 25.2 Å². The molecule has 0 aliphatic carbocycles. The first-order chi connectivity index (χ1) is 14.6. The summed E-state index contributed by atoms with van der Waals surface area (Å²) >= 11 is 0. The van der Waals surface area contributed by atoms with Crippen molar-refractivity contribution in [3.8, 4) is 0 Å². The van der Waals surface area contributed by atoms with E-state index in [2.05, 4.69) is 15.6 Å². The SMILES string of the molecule is Cc1cc(C(=O)NNC(=O)c2cccc(NS(=O)(=O)c3ccc(C)c(F)c3)c2)c(C)o1. The van der Waals surface area contributed by atoms with Gasteiger partial charge < -0.3 is 4.42 Å². The van der Waals surface area contributed by atoms with Gasteiger partial charge in [0.2, 0.25) is 0 Å². The summed E-state index contributed by atoms with van der Waals surface area (Å²) in [6, 6.07) is 10.7. The second kappa shape index (κ2) is 8.60. The molecule has 0 saturated heterocycles. The van der Waals surface area contributed by atoms with Crippen molar-refractivity contribution >= 4 is 27.5 Å². The average molecular weight is 445 g/mol. The van der Waals surface area contributed by atoms with Crippen LogP contribution in [0.1, 0.15) is 37.8 Å². The Hall–Kier alpha value is -3.66. The van der Waals surface area contributed by atoms with Crippen LogP contribution < -0.4 is 15.6 Å². The van der Waals surface area contributed by atoms with Crippen molar-refractivity contribution in [2.24, 2.45) is 0 Å². The first-order valence-corrected chi connectivity index (χ1v) is 10.6. The van der Waals surface area contributed by atoms with Crippen molar-refractivity contribution in [1.29, 1.82) is 0 Å². The highest BCUT2D eigenvalue weighted by Crippen LogP contribution is 2.19. The van der Waals surface area contributed by atoms with E-state index in [0.29, 0.717) is 17.1 Å². The second-order valence-electron chi connectivity index (χ2n) is 6.83. The number of hydrogen-bond donors (Lipinski definition) is 3. The number of hydrogen-bond acceptors (Lipinski definition) is 5. The normalized spacial score (nSPS) is 11.1. The number of sulfonamides is 1. The van der Waals surface area contributed by atoms with Gasteiger partial charge in [-0.1, -0.05) is 12.1 Å². The molecule has 0 fully saturated rings. The van der Waals surface area contributed by atoms with Crippen LogP contribution in [0.5, 0.6) is 0 Å². The topological polar surface area (TPSA) is 118 Å². The molecule has 0 aliphatic rings. The highest BCUT2D eigenvalue weighted by molar-refractivity contribution is 7.92. The van der Waals surface area contributed by atoms with E-state index in [1.165, 1.54) is 43.3 Å². The molecule has 162 valence electrons. The predicted octanol–water partition coefficient (Wildman–Crippen LogP) is 3.22. The van der Waals surface area contributed by atoms with E-state index in [1.807, 2.05) is 0 Å². The number of carbonyl (C=O) groups is 2. The fourth-order valence-corrected chi connectivity index (χ4v) is 3.85. The zero-order chi connectivity index (χ0) is 22.8. The molecule has 3 aromatic rings. The molecule has 1 heterocycles. The summed E-state index contributed by atoms with van der Waals surface area (Å²) in [7, 11) is -4.06. The molecule has 0 atom stereocenters. The third-order valence-corrected chi connectivity index (χ3v) is 5.78. The maximum atomic E-state index is 13.7. The lowest BCUT2D eigenvalue weighted by atomic mass is 10.2. The lowest BCUT2D eigenvalue weighted by molar-refractivity contribution is 0.0845. The number of halogens is 1. The zero-order valence-electron chi connectivity index (χ0n) is 16.9. The Kier molecular flexibility index (Phi) is 6.11. The summed E-state index contributed by atoms with van der Waals surface area (Å²) < 4.78 is 46.3. The van der Waals surface area contributed by atoms with E-state index >= 15 is 0 Å². The van der Waals surface area contributed by atoms with Crippen molar-refractivity contribution in [2.45, 2.75) is 25.7 Å². The highest BCUT2D eigenvalue weighted by atomic mass is 32.2. The number of aryl methyl sites for hydroxylation is 3. The van der Waals surface area contributed by atoms with Crippen molar-refractivity contribution in [3.05, 3.63) is 82.6 Å². The zero-order valence-corrected chi connectivity index (χ0v) is 17.8. The van der Waals surface area contributed by atoms with Gasteiger partial charge >= 0.3 is 0 Å². The van der Waals surface area contributed by atoms with Crippen LogP contribution in [-0.2, 0) is 10.0 Å². The molecule has 8 nitrogen and oxygen atoms in total. The molecule has 0 radical (unpaired) electrons. The van der Waals surface area contributed by atoms with Gasteiger partial charge in [-0.2, -0.15) is 0 Å². The van der Waals surface area contributed by atoms with Gasteiger partial charge in [0.1, 0.15) is 17.3 Å². The summed E-state index contributed by atoms with van der Waals surface area (Å²) in [4.78, 5) is 24.3. The van der Waals surface area contributed by atoms with Crippen LogP contribution in [-0.4, -0.2) is 20.2 Å². The molecule has 2 aromatic carbocycles. The molecule has 2 amide bonds. The Morgan fingerprint density at radius 2 is 1.65 bits per heavy atom. The van der Waals surface area contributed by atoms with Crippen LogP contribution in [0, 0.1) is 26.6 Å². The third kappa shape index (κ3) is 5.10. The van der Waals surface area contributed by atoms with Crippen molar-refractivity contribution in [3.63, 3.8) is 0 Å². The number of benzene rings is 2. The fourth-order valence-electron chi connectivity index (χ4n) is 2.79. The van der Waals surface area contributed by atoms with Gasteiger partial charge in [-0.25, -0.2) is 12.8 Å². The lowest BCUT2D eigenvalue weighted by Gasteiger charge is -2.11. The standard InChI is InChI=1S/C21H20FN3O5S/c1-12-7-8-17(11-19(12)22)31(28,29)25-16-6-4-5-15(10-16)20(26)23-24-21(27)18-9-13(2)30-14(18)3/h4-11,25H,1-3H3,(H,23,26)(H,24,27). The van der Waals surface area contributed by atoms with Gasteiger partial charge in [0, 0.05) is 11.3 Å². The first kappa shape index (κ1) is 22.0. The minimum absolute atomic E-state index is 0.0932. The van der Waals surface area contributed by atoms with Gasteiger partial charge in [0.25, 0.3) is 21.8 Å². The Morgan fingerprint density at radius 1 is 0.935 bits per heavy atom. The van der Waals surface area contributed by atoms with Gasteiger partial charge in [0.05, 0.1) is 10.5 Å². The Balaban J connectivity index is 1.70. The van der Waals surface area contributed by atoms with Crippen molar-refractivity contribution in [2.75, 3.05) is 4.72 Å². The van der Waals surface area contributed by atoms with E-state index in [9.17, 15) is 22.4 Å². The first-order valence-electron chi connectivity index (χ1n) is 9.13. The molecule has 10 heteroatoms. The molecular weight excluding hydrogens is 425 g/mol. The van der Waals surface area contributed by atoms with Crippen molar-refractivity contribution < 1.29 is 26.8 Å². The highest BCUT2D eigenvalue weighted by Gasteiger charge is 2.18. The molecule has 0 aliphatic heterocycles. The summed E-state index contributed by atoms with van der Waals surface area (Å²) in [6.07, 6.45) is 0. The van der Waals surface area contributed by atoms with Crippen molar-refractivity contribution in [1.82, 2.24) is 10.9 Å². The molecule has 0 bridgehead atoms.